The third kappa shape index (κ3) is 4.81. The van der Waals surface area contributed by atoms with Crippen LogP contribution < -0.4 is 20.9 Å². The zero-order valence-electron chi connectivity index (χ0n) is 18.0. The number of aromatic nitrogens is 3. The lowest BCUT2D eigenvalue weighted by molar-refractivity contribution is -0.119. The number of hydrogen-bond donors (Lipinski definition) is 3. The number of nitrogens with zero attached hydrogens (tertiary/aromatic N) is 6. The van der Waals surface area contributed by atoms with Gasteiger partial charge in [0.1, 0.15) is 11.9 Å². The number of hydrogen-bond acceptors (Lipinski definition) is 8. The molecule has 3 heterocycles. The monoisotopic (exact) mass is 460 g/mol. The Kier molecular flexibility index (Phi) is 6.29. The van der Waals surface area contributed by atoms with Crippen molar-refractivity contribution in [1.29, 1.82) is 0 Å². The van der Waals surface area contributed by atoms with Gasteiger partial charge in [-0.25, -0.2) is 13.9 Å². The fourth-order valence-electron chi connectivity index (χ4n) is 4.01. The van der Waals surface area contributed by atoms with E-state index in [1.165, 1.54) is 17.9 Å². The van der Waals surface area contributed by atoms with Gasteiger partial charge in [-0.05, 0) is 31.0 Å². The van der Waals surface area contributed by atoms with Crippen LogP contribution in [0.15, 0.2) is 29.6 Å². The Hall–Kier alpha value is -3.90. The Morgan fingerprint density at radius 2 is 2.15 bits per heavy atom. The minimum Gasteiger partial charge on any atom is -0.442 e. The number of carbonyl (C=O) groups is 2. The number of nitrogens with one attached hydrogen (secondary N) is 1. The normalized spacial score (nSPS) is 19.6. The Morgan fingerprint density at radius 1 is 1.39 bits per heavy atom. The molecule has 0 saturated carbocycles. The molecule has 1 aromatic heterocycles. The summed E-state index contributed by atoms with van der Waals surface area (Å²) < 4.78 is 21.9. The van der Waals surface area contributed by atoms with Gasteiger partial charge in [-0.2, -0.15) is 0 Å². The van der Waals surface area contributed by atoms with Crippen molar-refractivity contribution < 1.29 is 23.9 Å². The SMILES string of the molecule is CC(=O)NC[C@H]1CN(c2ccc(N3CCC(n4cc(/C(N)=N/O)nn4)CC3)c(F)c2)C(=O)O1. The van der Waals surface area contributed by atoms with Gasteiger partial charge in [0.25, 0.3) is 0 Å². The van der Waals surface area contributed by atoms with Gasteiger partial charge in [0.2, 0.25) is 5.91 Å². The van der Waals surface area contributed by atoms with Gasteiger partial charge in [0, 0.05) is 20.0 Å². The summed E-state index contributed by atoms with van der Waals surface area (Å²) in [4.78, 5) is 26.5. The number of benzene rings is 1. The first-order valence-corrected chi connectivity index (χ1v) is 10.5. The van der Waals surface area contributed by atoms with E-state index in [2.05, 4.69) is 20.8 Å². The first-order chi connectivity index (χ1) is 15.9. The number of amides is 2. The number of anilines is 2. The highest BCUT2D eigenvalue weighted by Crippen LogP contribution is 2.31. The summed E-state index contributed by atoms with van der Waals surface area (Å²) in [6.45, 7) is 3.03. The standard InChI is InChI=1S/C20H25FN8O4/c1-12(30)23-9-15-10-28(20(31)33-15)14-2-3-18(16(21)8-14)27-6-4-13(5-7-27)29-11-17(24-26-29)19(22)25-32/h2-3,8,11,13,15,32H,4-7,9-10H2,1H3,(H2,22,25)(H,23,30)/t15-/m0/s1. The maximum atomic E-state index is 15.0. The summed E-state index contributed by atoms with van der Waals surface area (Å²) in [5.74, 6) is -0.751. The molecular formula is C20H25FN8O4. The minimum absolute atomic E-state index is 0.0660. The molecule has 1 aromatic carbocycles. The minimum atomic E-state index is -0.572. The zero-order chi connectivity index (χ0) is 23.5. The lowest BCUT2D eigenvalue weighted by Crippen LogP contribution is -2.35. The molecule has 33 heavy (non-hydrogen) atoms. The zero-order valence-corrected chi connectivity index (χ0v) is 18.0. The Labute approximate surface area is 188 Å². The molecule has 0 bridgehead atoms. The molecule has 176 valence electrons. The number of rotatable bonds is 6. The average molecular weight is 460 g/mol. The summed E-state index contributed by atoms with van der Waals surface area (Å²) in [5.41, 5.74) is 6.69. The van der Waals surface area contributed by atoms with Gasteiger partial charge in [-0.15, -0.1) is 5.10 Å². The topological polar surface area (TPSA) is 151 Å². The van der Waals surface area contributed by atoms with Crippen molar-refractivity contribution in [2.45, 2.75) is 31.9 Å². The predicted molar refractivity (Wildman–Crippen MR) is 116 cm³/mol. The van der Waals surface area contributed by atoms with Gasteiger partial charge < -0.3 is 25.9 Å². The highest BCUT2D eigenvalue weighted by molar-refractivity contribution is 5.94. The summed E-state index contributed by atoms with van der Waals surface area (Å²) in [6.07, 6.45) is 1.99. The summed E-state index contributed by atoms with van der Waals surface area (Å²) in [5, 5.41) is 22.2. The van der Waals surface area contributed by atoms with Crippen LogP contribution in [0.25, 0.3) is 0 Å². The first-order valence-electron chi connectivity index (χ1n) is 10.5. The molecule has 0 unspecified atom stereocenters. The van der Waals surface area contributed by atoms with Crippen molar-refractivity contribution in [3.63, 3.8) is 0 Å². The number of cyclic esters (lactones) is 1. The smallest absolute Gasteiger partial charge is 0.414 e. The molecule has 2 aliphatic rings. The Bertz CT molecular complexity index is 1070. The molecule has 2 aromatic rings. The van der Waals surface area contributed by atoms with Crippen LogP contribution in [0.3, 0.4) is 0 Å². The lowest BCUT2D eigenvalue weighted by Gasteiger charge is -2.33. The van der Waals surface area contributed by atoms with Crippen molar-refractivity contribution in [2.24, 2.45) is 10.9 Å². The van der Waals surface area contributed by atoms with E-state index in [0.29, 0.717) is 43.0 Å². The van der Waals surface area contributed by atoms with E-state index in [0.717, 1.165) is 0 Å². The van der Waals surface area contributed by atoms with Crippen molar-refractivity contribution in [1.82, 2.24) is 20.3 Å². The fraction of sp³-hybridized carbons (Fsp3) is 0.450. The van der Waals surface area contributed by atoms with Crippen LogP contribution in [0.2, 0.25) is 0 Å². The molecule has 12 nitrogen and oxygen atoms in total. The second-order valence-corrected chi connectivity index (χ2v) is 7.98. The molecule has 0 aliphatic carbocycles. The van der Waals surface area contributed by atoms with E-state index in [9.17, 15) is 14.0 Å². The number of amidine groups is 1. The highest BCUT2D eigenvalue weighted by Gasteiger charge is 2.33. The molecule has 2 fully saturated rings. The van der Waals surface area contributed by atoms with Gasteiger partial charge in [-0.1, -0.05) is 10.4 Å². The third-order valence-corrected chi connectivity index (χ3v) is 5.76. The van der Waals surface area contributed by atoms with E-state index in [1.54, 1.807) is 23.0 Å². The molecule has 1 atom stereocenters. The first kappa shape index (κ1) is 22.3. The lowest BCUT2D eigenvalue weighted by atomic mass is 10.0. The largest absolute Gasteiger partial charge is 0.442 e. The second-order valence-electron chi connectivity index (χ2n) is 7.98. The summed E-state index contributed by atoms with van der Waals surface area (Å²) in [7, 11) is 0. The molecule has 2 saturated heterocycles. The number of carbonyl (C=O) groups excluding carboxylic acids is 2. The third-order valence-electron chi connectivity index (χ3n) is 5.76. The van der Waals surface area contributed by atoms with E-state index < -0.39 is 18.0 Å². The molecule has 2 amide bonds. The fourth-order valence-corrected chi connectivity index (χ4v) is 4.01. The summed E-state index contributed by atoms with van der Waals surface area (Å²) >= 11 is 0. The number of oxime groups is 1. The van der Waals surface area contributed by atoms with Crippen LogP contribution in [-0.2, 0) is 9.53 Å². The number of halogens is 1. The van der Waals surface area contributed by atoms with E-state index in [-0.39, 0.29) is 30.9 Å². The van der Waals surface area contributed by atoms with Crippen molar-refractivity contribution in [2.75, 3.05) is 36.0 Å². The summed E-state index contributed by atoms with van der Waals surface area (Å²) in [6, 6.07) is 4.74. The molecule has 2 aliphatic heterocycles. The maximum Gasteiger partial charge on any atom is 0.414 e. The molecule has 4 N–H and O–H groups in total. The number of piperidine rings is 1. The van der Waals surface area contributed by atoms with Crippen LogP contribution in [0.1, 0.15) is 31.5 Å². The number of ether oxygens (including phenoxy) is 1. The number of nitrogens with two attached hydrogens (primary N) is 1. The van der Waals surface area contributed by atoms with Crippen LogP contribution in [0.4, 0.5) is 20.6 Å². The molecule has 0 radical (unpaired) electrons. The van der Waals surface area contributed by atoms with E-state index in [4.69, 9.17) is 15.7 Å². The van der Waals surface area contributed by atoms with Crippen molar-refractivity contribution >= 4 is 29.2 Å². The molecule has 13 heteroatoms. The van der Waals surface area contributed by atoms with Crippen LogP contribution in [0, 0.1) is 5.82 Å². The highest BCUT2D eigenvalue weighted by atomic mass is 19.1. The second kappa shape index (κ2) is 9.30. The Balaban J connectivity index is 1.38. The van der Waals surface area contributed by atoms with Crippen LogP contribution in [0.5, 0.6) is 0 Å². The van der Waals surface area contributed by atoms with Crippen LogP contribution >= 0.6 is 0 Å². The van der Waals surface area contributed by atoms with E-state index in [1.807, 2.05) is 4.90 Å². The molecule has 4 rings (SSSR count). The van der Waals surface area contributed by atoms with Gasteiger partial charge >= 0.3 is 6.09 Å². The van der Waals surface area contributed by atoms with Gasteiger partial charge in [-0.3, -0.25) is 9.69 Å². The maximum absolute atomic E-state index is 15.0. The van der Waals surface area contributed by atoms with Gasteiger partial charge in [0.15, 0.2) is 11.5 Å². The Morgan fingerprint density at radius 3 is 2.82 bits per heavy atom. The quantitative estimate of drug-likeness (QED) is 0.248. The molecular weight excluding hydrogens is 435 g/mol. The van der Waals surface area contributed by atoms with Gasteiger partial charge in [0.05, 0.1) is 36.7 Å². The van der Waals surface area contributed by atoms with Crippen molar-refractivity contribution in [3.8, 4) is 0 Å². The predicted octanol–water partition coefficient (Wildman–Crippen LogP) is 0.814. The van der Waals surface area contributed by atoms with Crippen molar-refractivity contribution in [3.05, 3.63) is 35.9 Å². The van der Waals surface area contributed by atoms with E-state index >= 15 is 0 Å². The van der Waals surface area contributed by atoms with Crippen LogP contribution in [-0.4, -0.2) is 70.3 Å². The average Bonchev–Trinajstić information content (AvgIpc) is 3.44. The molecule has 0 spiro atoms.